The summed E-state index contributed by atoms with van der Waals surface area (Å²) >= 11 is 1.22. The lowest BCUT2D eigenvalue weighted by molar-refractivity contribution is 0.262. The molecule has 8 heteroatoms. The second kappa shape index (κ2) is 6.64. The fraction of sp³-hybridized carbons (Fsp3) is 0.0526. The lowest BCUT2D eigenvalue weighted by atomic mass is 10.1. The Labute approximate surface area is 159 Å². The van der Waals surface area contributed by atoms with Crippen molar-refractivity contribution in [1.29, 1.82) is 0 Å². The summed E-state index contributed by atoms with van der Waals surface area (Å²) in [6, 6.07) is 17.8. The number of benzene rings is 3. The topological polar surface area (TPSA) is 88.2 Å². The minimum absolute atomic E-state index is 0.227. The summed E-state index contributed by atoms with van der Waals surface area (Å²) in [7, 11) is -3.29. The number of aromatic nitrogens is 1. The van der Waals surface area contributed by atoms with Gasteiger partial charge >= 0.3 is 6.03 Å². The standard InChI is InChI=1S/C19H15N3O3S2/c1-27(24,25)13-9-10-16-17(11-13)26-19(21-16)22-18(23)20-15-8-4-6-12-5-2-3-7-14(12)15/h2-11H,1H3,(H2,20,21,22,23). The number of hydrogen-bond donors (Lipinski definition) is 2. The van der Waals surface area contributed by atoms with E-state index in [1.165, 1.54) is 17.4 Å². The Bertz CT molecular complexity index is 1270. The van der Waals surface area contributed by atoms with Crippen molar-refractivity contribution in [1.82, 2.24) is 4.98 Å². The number of carbonyl (C=O) groups excluding carboxylic acids is 1. The lowest BCUT2D eigenvalue weighted by Gasteiger charge is -2.08. The normalized spacial score (nSPS) is 11.6. The van der Waals surface area contributed by atoms with Crippen LogP contribution in [0, 0.1) is 0 Å². The van der Waals surface area contributed by atoms with Crippen LogP contribution in [0.3, 0.4) is 0 Å². The second-order valence-corrected chi connectivity index (χ2v) is 9.07. The number of urea groups is 1. The molecule has 0 aliphatic carbocycles. The summed E-state index contributed by atoms with van der Waals surface area (Å²) in [5.74, 6) is 0. The molecule has 0 saturated heterocycles. The van der Waals surface area contributed by atoms with Crippen molar-refractivity contribution < 1.29 is 13.2 Å². The summed E-state index contributed by atoms with van der Waals surface area (Å²) in [6.07, 6.45) is 1.16. The number of carbonyl (C=O) groups is 1. The van der Waals surface area contributed by atoms with Gasteiger partial charge in [-0.3, -0.25) is 5.32 Å². The third-order valence-electron chi connectivity index (χ3n) is 4.05. The van der Waals surface area contributed by atoms with Gasteiger partial charge in [0.25, 0.3) is 0 Å². The van der Waals surface area contributed by atoms with Crippen LogP contribution in [0.4, 0.5) is 15.6 Å². The molecule has 2 amide bonds. The van der Waals surface area contributed by atoms with Gasteiger partial charge in [-0.25, -0.2) is 18.2 Å². The third kappa shape index (κ3) is 3.62. The van der Waals surface area contributed by atoms with Crippen LogP contribution in [-0.2, 0) is 9.84 Å². The van der Waals surface area contributed by atoms with Crippen molar-refractivity contribution in [3.63, 3.8) is 0 Å². The zero-order valence-electron chi connectivity index (χ0n) is 14.3. The van der Waals surface area contributed by atoms with Crippen LogP contribution in [0.15, 0.2) is 65.6 Å². The lowest BCUT2D eigenvalue weighted by Crippen LogP contribution is -2.19. The highest BCUT2D eigenvalue weighted by Gasteiger charge is 2.12. The van der Waals surface area contributed by atoms with Gasteiger partial charge in [0.1, 0.15) is 0 Å². The molecule has 0 aliphatic heterocycles. The maximum atomic E-state index is 12.4. The first-order chi connectivity index (χ1) is 12.9. The molecule has 136 valence electrons. The van der Waals surface area contributed by atoms with Crippen molar-refractivity contribution in [2.45, 2.75) is 4.90 Å². The summed E-state index contributed by atoms with van der Waals surface area (Å²) in [5, 5.41) is 7.91. The molecule has 0 atom stereocenters. The predicted octanol–water partition coefficient (Wildman–Crippen LogP) is 4.50. The number of fused-ring (bicyclic) bond motifs is 2. The molecular formula is C19H15N3O3S2. The fourth-order valence-corrected chi connectivity index (χ4v) is 4.40. The van der Waals surface area contributed by atoms with E-state index in [0.717, 1.165) is 17.0 Å². The molecule has 4 rings (SSSR count). The molecule has 1 aromatic heterocycles. The van der Waals surface area contributed by atoms with E-state index in [4.69, 9.17) is 0 Å². The number of rotatable bonds is 3. The fourth-order valence-electron chi connectivity index (χ4n) is 2.77. The van der Waals surface area contributed by atoms with Crippen LogP contribution in [0.5, 0.6) is 0 Å². The number of thiazole rings is 1. The minimum Gasteiger partial charge on any atom is -0.307 e. The Hall–Kier alpha value is -2.97. The highest BCUT2D eigenvalue weighted by atomic mass is 32.2. The first-order valence-electron chi connectivity index (χ1n) is 8.06. The first kappa shape index (κ1) is 17.4. The molecule has 0 radical (unpaired) electrons. The van der Waals surface area contributed by atoms with Gasteiger partial charge in [-0.1, -0.05) is 47.7 Å². The van der Waals surface area contributed by atoms with Crippen molar-refractivity contribution in [3.05, 3.63) is 60.7 Å². The molecular weight excluding hydrogens is 382 g/mol. The van der Waals surface area contributed by atoms with E-state index in [1.54, 1.807) is 12.1 Å². The van der Waals surface area contributed by atoms with Gasteiger partial charge in [0.15, 0.2) is 15.0 Å². The zero-order valence-corrected chi connectivity index (χ0v) is 15.9. The van der Waals surface area contributed by atoms with Crippen molar-refractivity contribution >= 4 is 59.0 Å². The Morgan fingerprint density at radius 1 is 1.00 bits per heavy atom. The molecule has 0 unspecified atom stereocenters. The van der Waals surface area contributed by atoms with Crippen LogP contribution >= 0.6 is 11.3 Å². The summed E-state index contributed by atoms with van der Waals surface area (Å²) in [5.41, 5.74) is 1.33. The number of nitrogens with one attached hydrogen (secondary N) is 2. The van der Waals surface area contributed by atoms with Crippen LogP contribution in [-0.4, -0.2) is 25.7 Å². The highest BCUT2D eigenvalue weighted by molar-refractivity contribution is 7.90. The number of nitrogens with zero attached hydrogens (tertiary/aromatic N) is 1. The van der Waals surface area contributed by atoms with Crippen molar-refractivity contribution in [2.24, 2.45) is 0 Å². The second-order valence-electron chi connectivity index (χ2n) is 6.03. The summed E-state index contributed by atoms with van der Waals surface area (Å²) < 4.78 is 24.0. The zero-order chi connectivity index (χ0) is 19.0. The molecule has 4 aromatic rings. The van der Waals surface area contributed by atoms with Gasteiger partial charge in [0.05, 0.1) is 20.8 Å². The average Bonchev–Trinajstić information content (AvgIpc) is 3.02. The van der Waals surface area contributed by atoms with Crippen molar-refractivity contribution in [3.8, 4) is 0 Å². The Kier molecular flexibility index (Phi) is 4.29. The van der Waals surface area contributed by atoms with Crippen LogP contribution in [0.2, 0.25) is 0 Å². The van der Waals surface area contributed by atoms with E-state index in [2.05, 4.69) is 15.6 Å². The highest BCUT2D eigenvalue weighted by Crippen LogP contribution is 2.29. The number of sulfone groups is 1. The molecule has 27 heavy (non-hydrogen) atoms. The summed E-state index contributed by atoms with van der Waals surface area (Å²) in [4.78, 5) is 16.9. The molecule has 0 spiro atoms. The molecule has 0 saturated carbocycles. The van der Waals surface area contributed by atoms with E-state index in [9.17, 15) is 13.2 Å². The number of amides is 2. The van der Waals surface area contributed by atoms with Crippen LogP contribution < -0.4 is 10.6 Å². The van der Waals surface area contributed by atoms with Gasteiger partial charge in [-0.15, -0.1) is 0 Å². The number of hydrogen-bond acceptors (Lipinski definition) is 5. The van der Waals surface area contributed by atoms with Gasteiger partial charge in [0, 0.05) is 11.6 Å². The monoisotopic (exact) mass is 397 g/mol. The van der Waals surface area contributed by atoms with Gasteiger partial charge in [-0.05, 0) is 29.7 Å². The van der Waals surface area contributed by atoms with E-state index < -0.39 is 15.9 Å². The van der Waals surface area contributed by atoms with Crippen LogP contribution in [0.1, 0.15) is 0 Å². The molecule has 3 aromatic carbocycles. The Morgan fingerprint density at radius 3 is 2.59 bits per heavy atom. The quantitative estimate of drug-likeness (QED) is 0.533. The van der Waals surface area contributed by atoms with Gasteiger partial charge < -0.3 is 5.32 Å². The molecule has 2 N–H and O–H groups in total. The Morgan fingerprint density at radius 2 is 1.78 bits per heavy atom. The van der Waals surface area contributed by atoms with E-state index in [-0.39, 0.29) is 4.90 Å². The van der Waals surface area contributed by atoms with Gasteiger partial charge in [-0.2, -0.15) is 0 Å². The Balaban J connectivity index is 1.57. The van der Waals surface area contributed by atoms with E-state index in [0.29, 0.717) is 21.0 Å². The minimum atomic E-state index is -3.29. The van der Waals surface area contributed by atoms with Gasteiger partial charge in [0.2, 0.25) is 0 Å². The van der Waals surface area contributed by atoms with E-state index in [1.807, 2.05) is 42.5 Å². The SMILES string of the molecule is CS(=O)(=O)c1ccc2nc(NC(=O)Nc3cccc4ccccc34)sc2c1. The smallest absolute Gasteiger partial charge is 0.307 e. The molecule has 1 heterocycles. The molecule has 0 fully saturated rings. The largest absolute Gasteiger partial charge is 0.325 e. The van der Waals surface area contributed by atoms with Crippen LogP contribution in [0.25, 0.3) is 21.0 Å². The average molecular weight is 397 g/mol. The summed E-state index contributed by atoms with van der Waals surface area (Å²) in [6.45, 7) is 0. The first-order valence-corrected chi connectivity index (χ1v) is 10.8. The van der Waals surface area contributed by atoms with E-state index >= 15 is 0 Å². The third-order valence-corrected chi connectivity index (χ3v) is 6.09. The maximum Gasteiger partial charge on any atom is 0.325 e. The number of anilines is 2. The molecule has 0 bridgehead atoms. The maximum absolute atomic E-state index is 12.4. The molecule has 6 nitrogen and oxygen atoms in total. The molecule has 0 aliphatic rings. The predicted molar refractivity (Wildman–Crippen MR) is 109 cm³/mol. The van der Waals surface area contributed by atoms with Crippen molar-refractivity contribution in [2.75, 3.05) is 16.9 Å².